The van der Waals surface area contributed by atoms with Crippen LogP contribution < -0.4 is 0 Å². The summed E-state index contributed by atoms with van der Waals surface area (Å²) >= 11 is 1.56. The maximum absolute atomic E-state index is 11.0. The van der Waals surface area contributed by atoms with Gasteiger partial charge in [0, 0.05) is 6.42 Å². The molecule has 3 rings (SSSR count). The lowest BCUT2D eigenvalue weighted by Gasteiger charge is -2.03. The van der Waals surface area contributed by atoms with E-state index in [9.17, 15) is 4.79 Å². The van der Waals surface area contributed by atoms with E-state index in [-0.39, 0.29) is 6.42 Å². The summed E-state index contributed by atoms with van der Waals surface area (Å²) in [7, 11) is 0. The van der Waals surface area contributed by atoms with Crippen molar-refractivity contribution in [1.82, 2.24) is 4.98 Å². The zero-order chi connectivity index (χ0) is 16.9. The zero-order valence-corrected chi connectivity index (χ0v) is 13.6. The number of rotatable bonds is 5. The number of benzene rings is 2. The van der Waals surface area contributed by atoms with Crippen LogP contribution in [0.3, 0.4) is 0 Å². The average molecular weight is 334 g/mol. The maximum atomic E-state index is 11.0. The van der Waals surface area contributed by atoms with Gasteiger partial charge < -0.3 is 5.11 Å². The molecule has 1 heterocycles. The van der Waals surface area contributed by atoms with Crippen LogP contribution in [-0.4, -0.2) is 16.1 Å². The predicted octanol–water partition coefficient (Wildman–Crippen LogP) is 4.57. The van der Waals surface area contributed by atoms with Crippen LogP contribution in [0.2, 0.25) is 0 Å². The number of thiazole rings is 1. The number of fused-ring (bicyclic) bond motifs is 1. The molecule has 3 aromatic rings. The smallest absolute Gasteiger partial charge is 0.303 e. The van der Waals surface area contributed by atoms with E-state index >= 15 is 0 Å². The topological polar surface area (TPSA) is 74.0 Å². The number of carbonyl (C=O) groups is 1. The molecule has 24 heavy (non-hydrogen) atoms. The molecule has 0 radical (unpaired) electrons. The first-order valence-electron chi connectivity index (χ1n) is 7.44. The van der Waals surface area contributed by atoms with Crippen molar-refractivity contribution in [3.8, 4) is 6.07 Å². The van der Waals surface area contributed by atoms with Crippen molar-refractivity contribution < 1.29 is 9.90 Å². The number of nitrogens with zero attached hydrogens (tertiary/aromatic N) is 2. The Balaban J connectivity index is 1.99. The van der Waals surface area contributed by atoms with Gasteiger partial charge in [0.25, 0.3) is 0 Å². The third kappa shape index (κ3) is 3.67. The molecule has 0 bridgehead atoms. The highest BCUT2D eigenvalue weighted by molar-refractivity contribution is 7.19. The van der Waals surface area contributed by atoms with Gasteiger partial charge in [-0.2, -0.15) is 5.26 Å². The summed E-state index contributed by atoms with van der Waals surface area (Å²) in [5.41, 5.74) is 3.33. The first kappa shape index (κ1) is 15.9. The molecule has 0 spiro atoms. The maximum Gasteiger partial charge on any atom is 0.303 e. The van der Waals surface area contributed by atoms with Gasteiger partial charge in [-0.05, 0) is 47.9 Å². The number of hydrogen-bond donors (Lipinski definition) is 1. The van der Waals surface area contributed by atoms with Gasteiger partial charge in [0.05, 0.1) is 21.8 Å². The summed E-state index contributed by atoms with van der Waals surface area (Å²) in [4.78, 5) is 15.6. The van der Waals surface area contributed by atoms with E-state index in [4.69, 9.17) is 10.4 Å². The summed E-state index contributed by atoms with van der Waals surface area (Å²) in [6, 6.07) is 17.2. The minimum absolute atomic E-state index is 0.0536. The molecule has 2 aromatic carbocycles. The molecule has 0 saturated heterocycles. The second-order valence-corrected chi connectivity index (χ2v) is 6.31. The summed E-state index contributed by atoms with van der Waals surface area (Å²) in [6.07, 6.45) is 2.41. The lowest BCUT2D eigenvalue weighted by molar-refractivity contribution is -0.136. The lowest BCUT2D eigenvalue weighted by Crippen LogP contribution is -1.95. The predicted molar refractivity (Wildman–Crippen MR) is 95.5 cm³/mol. The van der Waals surface area contributed by atoms with E-state index in [0.717, 1.165) is 26.4 Å². The zero-order valence-electron chi connectivity index (χ0n) is 12.8. The number of para-hydroxylation sites is 1. The number of aliphatic carboxylic acids is 1. The van der Waals surface area contributed by atoms with Crippen molar-refractivity contribution >= 4 is 39.2 Å². The standard InChI is InChI=1S/C19H14N2O2S/c20-12-14-7-5-13(6-8-14)11-15(9-10-18(22)23)19-21-16-3-1-2-4-17(16)24-19/h1-8,11H,9-10H2,(H,22,23)/b15-11+. The number of allylic oxidation sites excluding steroid dienone is 1. The van der Waals surface area contributed by atoms with Gasteiger partial charge in [0.15, 0.2) is 0 Å². The Kier molecular flexibility index (Phi) is 4.69. The van der Waals surface area contributed by atoms with E-state index in [1.165, 1.54) is 0 Å². The SMILES string of the molecule is N#Cc1ccc(/C=C(\CCC(=O)O)c2nc3ccccc3s2)cc1. The number of hydrogen-bond acceptors (Lipinski definition) is 4. The van der Waals surface area contributed by atoms with Crippen LogP contribution in [0.25, 0.3) is 21.9 Å². The molecule has 0 amide bonds. The first-order chi connectivity index (χ1) is 11.7. The van der Waals surface area contributed by atoms with E-state index in [2.05, 4.69) is 11.1 Å². The normalized spacial score (nSPS) is 11.4. The van der Waals surface area contributed by atoms with Gasteiger partial charge >= 0.3 is 5.97 Å². The Morgan fingerprint density at radius 3 is 2.58 bits per heavy atom. The molecule has 4 nitrogen and oxygen atoms in total. The fourth-order valence-electron chi connectivity index (χ4n) is 2.35. The van der Waals surface area contributed by atoms with E-state index in [0.29, 0.717) is 12.0 Å². The molecule has 0 saturated carbocycles. The van der Waals surface area contributed by atoms with Crippen molar-refractivity contribution in [3.05, 3.63) is 64.7 Å². The van der Waals surface area contributed by atoms with Crippen LogP contribution in [0.4, 0.5) is 0 Å². The van der Waals surface area contributed by atoms with Gasteiger partial charge in [-0.3, -0.25) is 4.79 Å². The van der Waals surface area contributed by atoms with Crippen molar-refractivity contribution in [1.29, 1.82) is 5.26 Å². The lowest BCUT2D eigenvalue weighted by atomic mass is 10.1. The molecule has 0 fully saturated rings. The molecular formula is C19H14N2O2S. The second kappa shape index (κ2) is 7.07. The molecule has 0 atom stereocenters. The Bertz CT molecular complexity index is 916. The summed E-state index contributed by atoms with van der Waals surface area (Å²) in [5.74, 6) is -0.832. The fourth-order valence-corrected chi connectivity index (χ4v) is 3.36. The fraction of sp³-hybridized carbons (Fsp3) is 0.105. The van der Waals surface area contributed by atoms with E-state index < -0.39 is 5.97 Å². The summed E-state index contributed by atoms with van der Waals surface area (Å²) in [6.45, 7) is 0. The van der Waals surface area contributed by atoms with Gasteiger partial charge in [-0.25, -0.2) is 4.98 Å². The van der Waals surface area contributed by atoms with Gasteiger partial charge in [-0.15, -0.1) is 11.3 Å². The third-order valence-corrected chi connectivity index (χ3v) is 4.67. The first-order valence-corrected chi connectivity index (χ1v) is 8.26. The van der Waals surface area contributed by atoms with Crippen LogP contribution in [0, 0.1) is 11.3 Å². The average Bonchev–Trinajstić information content (AvgIpc) is 3.03. The number of nitriles is 1. The van der Waals surface area contributed by atoms with Crippen LogP contribution in [0.5, 0.6) is 0 Å². The highest BCUT2D eigenvalue weighted by Crippen LogP contribution is 2.31. The largest absolute Gasteiger partial charge is 0.481 e. The molecule has 1 N–H and O–H groups in total. The number of carboxylic acids is 1. The quantitative estimate of drug-likeness (QED) is 0.741. The second-order valence-electron chi connectivity index (χ2n) is 5.28. The van der Waals surface area contributed by atoms with Gasteiger partial charge in [0.1, 0.15) is 5.01 Å². The van der Waals surface area contributed by atoms with Gasteiger partial charge in [-0.1, -0.05) is 24.3 Å². The minimum atomic E-state index is -0.832. The third-order valence-electron chi connectivity index (χ3n) is 3.56. The van der Waals surface area contributed by atoms with E-state index in [1.807, 2.05) is 42.5 Å². The Labute approximate surface area is 143 Å². The van der Waals surface area contributed by atoms with Crippen molar-refractivity contribution in [2.75, 3.05) is 0 Å². The molecule has 1 aromatic heterocycles. The van der Waals surface area contributed by atoms with Crippen LogP contribution >= 0.6 is 11.3 Å². The molecule has 0 aliphatic rings. The number of aromatic nitrogens is 1. The van der Waals surface area contributed by atoms with Crippen molar-refractivity contribution in [2.24, 2.45) is 0 Å². The Morgan fingerprint density at radius 2 is 1.92 bits per heavy atom. The molecule has 118 valence electrons. The highest BCUT2D eigenvalue weighted by Gasteiger charge is 2.11. The Hall–Kier alpha value is -2.97. The molecular weight excluding hydrogens is 320 g/mol. The molecule has 0 aliphatic carbocycles. The van der Waals surface area contributed by atoms with Crippen LogP contribution in [0.15, 0.2) is 48.5 Å². The molecule has 5 heteroatoms. The summed E-state index contributed by atoms with van der Waals surface area (Å²) < 4.78 is 1.08. The van der Waals surface area contributed by atoms with Crippen LogP contribution in [-0.2, 0) is 4.79 Å². The molecule has 0 unspecified atom stereocenters. The minimum Gasteiger partial charge on any atom is -0.481 e. The number of carboxylic acid groups (broad SMARTS) is 1. The van der Waals surface area contributed by atoms with Crippen LogP contribution in [0.1, 0.15) is 29.0 Å². The highest BCUT2D eigenvalue weighted by atomic mass is 32.1. The van der Waals surface area contributed by atoms with Gasteiger partial charge in [0.2, 0.25) is 0 Å². The molecule has 0 aliphatic heterocycles. The van der Waals surface area contributed by atoms with E-state index in [1.54, 1.807) is 23.5 Å². The summed E-state index contributed by atoms with van der Waals surface area (Å²) in [5, 5.41) is 18.7. The van der Waals surface area contributed by atoms with Crippen molar-refractivity contribution in [2.45, 2.75) is 12.8 Å². The monoisotopic (exact) mass is 334 g/mol. The Morgan fingerprint density at radius 1 is 1.17 bits per heavy atom. The van der Waals surface area contributed by atoms with Crippen molar-refractivity contribution in [3.63, 3.8) is 0 Å².